The molecular weight excluding hydrogens is 202 g/mol. The second kappa shape index (κ2) is 5.11. The van der Waals surface area contributed by atoms with E-state index in [0.29, 0.717) is 16.6 Å². The van der Waals surface area contributed by atoms with Crippen molar-refractivity contribution in [2.45, 2.75) is 13.8 Å². The number of fused-ring (bicyclic) bond motifs is 1. The topological polar surface area (TPSA) is 82.0 Å². The van der Waals surface area contributed by atoms with Crippen LogP contribution in [-0.2, 0) is 0 Å². The molecule has 0 saturated heterocycles. The first-order valence-electron chi connectivity index (χ1n) is 5.13. The number of carbonyl (C=O) groups is 1. The molecule has 4 heteroatoms. The third kappa shape index (κ3) is 2.11. The van der Waals surface area contributed by atoms with Crippen LogP contribution in [0.2, 0.25) is 0 Å². The van der Waals surface area contributed by atoms with Gasteiger partial charge < -0.3 is 11.5 Å². The van der Waals surface area contributed by atoms with Crippen molar-refractivity contribution in [2.24, 2.45) is 5.73 Å². The molecule has 1 aromatic heterocycles. The van der Waals surface area contributed by atoms with E-state index in [1.54, 1.807) is 12.1 Å². The highest BCUT2D eigenvalue weighted by atomic mass is 16.1. The molecule has 0 atom stereocenters. The standard InChI is InChI=1S/C10H9N3O.C2H6/c11-7-5-13-8-4-2-1-3-6(8)9(7)10(12)14;1-2/h1-5H,11H2,(H2,12,14);1-2H3. The van der Waals surface area contributed by atoms with Gasteiger partial charge in [-0.15, -0.1) is 0 Å². The Balaban J connectivity index is 0.000000606. The zero-order valence-corrected chi connectivity index (χ0v) is 9.40. The molecule has 4 N–H and O–H groups in total. The molecule has 0 spiro atoms. The van der Waals surface area contributed by atoms with E-state index in [1.165, 1.54) is 6.20 Å². The van der Waals surface area contributed by atoms with Gasteiger partial charge in [0.05, 0.1) is 23.0 Å². The van der Waals surface area contributed by atoms with Crippen molar-refractivity contribution < 1.29 is 4.79 Å². The summed E-state index contributed by atoms with van der Waals surface area (Å²) >= 11 is 0. The average Bonchev–Trinajstić information content (AvgIpc) is 2.31. The smallest absolute Gasteiger partial charge is 0.251 e. The number of hydrogen-bond acceptors (Lipinski definition) is 3. The Morgan fingerprint density at radius 2 is 1.88 bits per heavy atom. The first-order chi connectivity index (χ1) is 7.70. The van der Waals surface area contributed by atoms with Crippen LogP contribution in [0, 0.1) is 0 Å². The van der Waals surface area contributed by atoms with Gasteiger partial charge in [-0.2, -0.15) is 0 Å². The molecule has 2 aromatic rings. The van der Waals surface area contributed by atoms with E-state index in [0.717, 1.165) is 5.52 Å². The quantitative estimate of drug-likeness (QED) is 0.765. The molecule has 1 amide bonds. The molecule has 2 rings (SSSR count). The van der Waals surface area contributed by atoms with Crippen molar-refractivity contribution in [3.63, 3.8) is 0 Å². The maximum atomic E-state index is 11.2. The number of benzene rings is 1. The molecule has 0 aliphatic heterocycles. The van der Waals surface area contributed by atoms with Crippen LogP contribution in [0.25, 0.3) is 10.9 Å². The van der Waals surface area contributed by atoms with Gasteiger partial charge in [0.2, 0.25) is 0 Å². The number of primary amides is 1. The molecule has 0 radical (unpaired) electrons. The number of nitrogen functional groups attached to an aromatic ring is 1. The lowest BCUT2D eigenvalue weighted by molar-refractivity contribution is 0.100. The van der Waals surface area contributed by atoms with E-state index >= 15 is 0 Å². The summed E-state index contributed by atoms with van der Waals surface area (Å²) in [4.78, 5) is 15.2. The Kier molecular flexibility index (Phi) is 3.83. The lowest BCUT2D eigenvalue weighted by atomic mass is 10.1. The fraction of sp³-hybridized carbons (Fsp3) is 0.167. The number of aromatic nitrogens is 1. The van der Waals surface area contributed by atoms with Crippen LogP contribution in [-0.4, -0.2) is 10.9 Å². The van der Waals surface area contributed by atoms with Gasteiger partial charge in [-0.05, 0) is 6.07 Å². The third-order valence-corrected chi connectivity index (χ3v) is 2.05. The molecule has 0 saturated carbocycles. The summed E-state index contributed by atoms with van der Waals surface area (Å²) in [5.74, 6) is -0.527. The summed E-state index contributed by atoms with van der Waals surface area (Å²) in [5, 5.41) is 0.694. The Bertz CT molecular complexity index is 509. The number of amides is 1. The predicted octanol–water partition coefficient (Wildman–Crippen LogP) is 1.94. The van der Waals surface area contributed by atoms with Crippen LogP contribution in [0.15, 0.2) is 30.5 Å². The number of nitrogens with zero attached hydrogens (tertiary/aromatic N) is 1. The molecule has 0 fully saturated rings. The largest absolute Gasteiger partial charge is 0.397 e. The van der Waals surface area contributed by atoms with Crippen LogP contribution in [0.3, 0.4) is 0 Å². The van der Waals surface area contributed by atoms with Crippen molar-refractivity contribution in [3.05, 3.63) is 36.0 Å². The summed E-state index contributed by atoms with van der Waals surface area (Å²) in [6, 6.07) is 7.24. The second-order valence-corrected chi connectivity index (χ2v) is 2.97. The van der Waals surface area contributed by atoms with E-state index in [2.05, 4.69) is 4.98 Å². The van der Waals surface area contributed by atoms with Crippen LogP contribution in [0.5, 0.6) is 0 Å². The van der Waals surface area contributed by atoms with Crippen LogP contribution in [0.1, 0.15) is 24.2 Å². The van der Waals surface area contributed by atoms with Gasteiger partial charge in [-0.1, -0.05) is 32.0 Å². The number of anilines is 1. The van der Waals surface area contributed by atoms with Crippen LogP contribution in [0.4, 0.5) is 5.69 Å². The molecule has 84 valence electrons. The zero-order valence-electron chi connectivity index (χ0n) is 9.40. The zero-order chi connectivity index (χ0) is 12.1. The number of rotatable bonds is 1. The molecule has 0 unspecified atom stereocenters. The van der Waals surface area contributed by atoms with Gasteiger partial charge >= 0.3 is 0 Å². The second-order valence-electron chi connectivity index (χ2n) is 2.97. The van der Waals surface area contributed by atoms with Crippen molar-refractivity contribution >= 4 is 22.5 Å². The fourth-order valence-electron chi connectivity index (χ4n) is 1.43. The minimum absolute atomic E-state index is 0.316. The molecule has 1 aromatic carbocycles. The first-order valence-corrected chi connectivity index (χ1v) is 5.13. The molecule has 0 aliphatic rings. The van der Waals surface area contributed by atoms with E-state index < -0.39 is 5.91 Å². The maximum absolute atomic E-state index is 11.2. The lowest BCUT2D eigenvalue weighted by Crippen LogP contribution is -2.14. The van der Waals surface area contributed by atoms with E-state index in [1.807, 2.05) is 26.0 Å². The van der Waals surface area contributed by atoms with Crippen molar-refractivity contribution in [3.8, 4) is 0 Å². The molecule has 16 heavy (non-hydrogen) atoms. The third-order valence-electron chi connectivity index (χ3n) is 2.05. The molecule has 1 heterocycles. The maximum Gasteiger partial charge on any atom is 0.251 e. The normalized spacial score (nSPS) is 9.38. The van der Waals surface area contributed by atoms with Crippen LogP contribution < -0.4 is 11.5 Å². The average molecular weight is 217 g/mol. The summed E-state index contributed by atoms with van der Waals surface area (Å²) < 4.78 is 0. The van der Waals surface area contributed by atoms with Gasteiger partial charge in [-0.25, -0.2) is 0 Å². The first kappa shape index (κ1) is 12.0. The monoisotopic (exact) mass is 217 g/mol. The molecule has 0 aliphatic carbocycles. The Morgan fingerprint density at radius 1 is 1.25 bits per heavy atom. The number of carbonyl (C=O) groups excluding carboxylic acids is 1. The highest BCUT2D eigenvalue weighted by Crippen LogP contribution is 2.20. The number of para-hydroxylation sites is 1. The highest BCUT2D eigenvalue weighted by Gasteiger charge is 2.10. The molecular formula is C12H15N3O. The van der Waals surface area contributed by atoms with Crippen molar-refractivity contribution in [1.82, 2.24) is 4.98 Å². The minimum Gasteiger partial charge on any atom is -0.397 e. The van der Waals surface area contributed by atoms with Gasteiger partial charge in [0.25, 0.3) is 5.91 Å². The summed E-state index contributed by atoms with van der Waals surface area (Å²) in [7, 11) is 0. The highest BCUT2D eigenvalue weighted by molar-refractivity contribution is 6.09. The Hall–Kier alpha value is -2.10. The molecule has 4 nitrogen and oxygen atoms in total. The lowest BCUT2D eigenvalue weighted by Gasteiger charge is -2.04. The predicted molar refractivity (Wildman–Crippen MR) is 66.0 cm³/mol. The summed E-state index contributed by atoms with van der Waals surface area (Å²) in [6.45, 7) is 4.00. The Morgan fingerprint density at radius 3 is 2.50 bits per heavy atom. The summed E-state index contributed by atoms with van der Waals surface area (Å²) in [6.07, 6.45) is 1.45. The fourth-order valence-corrected chi connectivity index (χ4v) is 1.43. The van der Waals surface area contributed by atoms with Crippen molar-refractivity contribution in [2.75, 3.05) is 5.73 Å². The summed E-state index contributed by atoms with van der Waals surface area (Å²) in [5.41, 5.74) is 12.2. The Labute approximate surface area is 94.3 Å². The van der Waals surface area contributed by atoms with Crippen LogP contribution >= 0.6 is 0 Å². The number of pyridine rings is 1. The van der Waals surface area contributed by atoms with E-state index in [4.69, 9.17) is 11.5 Å². The van der Waals surface area contributed by atoms with Crippen molar-refractivity contribution in [1.29, 1.82) is 0 Å². The SMILES string of the molecule is CC.NC(=O)c1c(N)cnc2ccccc12. The number of hydrogen-bond donors (Lipinski definition) is 2. The van der Waals surface area contributed by atoms with Gasteiger partial charge in [0, 0.05) is 5.39 Å². The number of nitrogens with two attached hydrogens (primary N) is 2. The van der Waals surface area contributed by atoms with Gasteiger partial charge in [0.1, 0.15) is 0 Å². The van der Waals surface area contributed by atoms with Gasteiger partial charge in [-0.3, -0.25) is 9.78 Å². The van der Waals surface area contributed by atoms with E-state index in [-0.39, 0.29) is 0 Å². The van der Waals surface area contributed by atoms with Gasteiger partial charge in [0.15, 0.2) is 0 Å². The minimum atomic E-state index is -0.527. The van der Waals surface area contributed by atoms with E-state index in [9.17, 15) is 4.79 Å². The molecule has 0 bridgehead atoms.